The van der Waals surface area contributed by atoms with Crippen molar-refractivity contribution >= 4 is 11.6 Å². The monoisotopic (exact) mass is 320 g/mol. The Hall–Kier alpha value is -1.49. The Morgan fingerprint density at radius 3 is 2.59 bits per heavy atom. The zero-order valence-electron chi connectivity index (χ0n) is 12.2. The highest BCUT2D eigenvalue weighted by atomic mass is 35.5. The van der Waals surface area contributed by atoms with Gasteiger partial charge in [0, 0.05) is 28.9 Å². The van der Waals surface area contributed by atoms with E-state index in [0.29, 0.717) is 11.3 Å². The van der Waals surface area contributed by atoms with E-state index in [4.69, 9.17) is 11.6 Å². The number of aliphatic hydroxyl groups is 1. The number of aromatic nitrogens is 1. The van der Waals surface area contributed by atoms with Gasteiger partial charge in [0.2, 0.25) is 0 Å². The van der Waals surface area contributed by atoms with Crippen molar-refractivity contribution in [1.82, 2.24) is 9.88 Å². The van der Waals surface area contributed by atoms with Crippen LogP contribution >= 0.6 is 11.6 Å². The summed E-state index contributed by atoms with van der Waals surface area (Å²) in [4.78, 5) is 6.76. The van der Waals surface area contributed by atoms with Gasteiger partial charge in [0.15, 0.2) is 0 Å². The number of benzene rings is 1. The molecule has 0 spiro atoms. The van der Waals surface area contributed by atoms with Crippen molar-refractivity contribution in [1.29, 1.82) is 0 Å². The highest BCUT2D eigenvalue weighted by Crippen LogP contribution is 2.28. The molecule has 3 nitrogen and oxygen atoms in total. The van der Waals surface area contributed by atoms with E-state index in [0.717, 1.165) is 25.2 Å². The summed E-state index contributed by atoms with van der Waals surface area (Å²) in [6.07, 6.45) is 4.30. The number of hydrogen-bond donors (Lipinski definition) is 1. The minimum atomic E-state index is -0.505. The Labute approximate surface area is 134 Å². The molecule has 0 atom stereocenters. The van der Waals surface area contributed by atoms with Gasteiger partial charge in [-0.3, -0.25) is 9.88 Å². The largest absolute Gasteiger partial charge is 0.392 e. The van der Waals surface area contributed by atoms with Gasteiger partial charge in [-0.25, -0.2) is 4.39 Å². The summed E-state index contributed by atoms with van der Waals surface area (Å²) in [5, 5.41) is 9.45. The van der Waals surface area contributed by atoms with Crippen molar-refractivity contribution in [3.63, 3.8) is 0 Å². The van der Waals surface area contributed by atoms with Gasteiger partial charge in [0.25, 0.3) is 0 Å². The van der Waals surface area contributed by atoms with E-state index >= 15 is 0 Å². The summed E-state index contributed by atoms with van der Waals surface area (Å²) in [6.45, 7) is 2.73. The summed E-state index contributed by atoms with van der Waals surface area (Å²) in [6, 6.07) is 6.98. The van der Waals surface area contributed by atoms with E-state index in [9.17, 15) is 9.50 Å². The second-order valence-corrected chi connectivity index (χ2v) is 5.99. The molecular formula is C17H18ClFN2O. The summed E-state index contributed by atoms with van der Waals surface area (Å²) < 4.78 is 14.4. The van der Waals surface area contributed by atoms with Gasteiger partial charge in [-0.1, -0.05) is 17.7 Å². The van der Waals surface area contributed by atoms with Gasteiger partial charge in [0.05, 0.1) is 12.3 Å². The van der Waals surface area contributed by atoms with Crippen LogP contribution in [0, 0.1) is 5.82 Å². The lowest BCUT2D eigenvalue weighted by atomic mass is 10.1. The maximum atomic E-state index is 14.4. The number of halogens is 2. The zero-order valence-corrected chi connectivity index (χ0v) is 13.0. The molecule has 22 heavy (non-hydrogen) atoms. The predicted octanol–water partition coefficient (Wildman–Crippen LogP) is 3.63. The summed E-state index contributed by atoms with van der Waals surface area (Å²) >= 11 is 5.88. The third kappa shape index (κ3) is 3.14. The smallest absolute Gasteiger partial charge is 0.139 e. The topological polar surface area (TPSA) is 36.4 Å². The molecule has 0 saturated carbocycles. The first kappa shape index (κ1) is 15.4. The van der Waals surface area contributed by atoms with Crippen LogP contribution < -0.4 is 0 Å². The minimum Gasteiger partial charge on any atom is -0.392 e. The van der Waals surface area contributed by atoms with Crippen LogP contribution in [-0.4, -0.2) is 28.1 Å². The average Bonchev–Trinajstić information content (AvgIpc) is 3.02. The quantitative estimate of drug-likeness (QED) is 0.934. The van der Waals surface area contributed by atoms with E-state index in [1.54, 1.807) is 18.3 Å². The first-order valence-electron chi connectivity index (χ1n) is 7.44. The number of aliphatic hydroxyl groups excluding tert-OH is 1. The lowest BCUT2D eigenvalue weighted by molar-refractivity contribution is 0.276. The van der Waals surface area contributed by atoms with Crippen LogP contribution in [-0.2, 0) is 13.2 Å². The predicted molar refractivity (Wildman–Crippen MR) is 85.1 cm³/mol. The van der Waals surface area contributed by atoms with E-state index in [-0.39, 0.29) is 10.6 Å². The molecule has 1 aromatic heterocycles. The molecular weight excluding hydrogens is 303 g/mol. The number of pyridine rings is 1. The van der Waals surface area contributed by atoms with Crippen LogP contribution in [0.1, 0.15) is 24.0 Å². The standard InChI is InChI=1S/C17H18ClFN2O/c18-15-5-4-13(17(19)14(15)11-22)16-6-3-12(9-20-16)10-21-7-1-2-8-21/h3-6,9,22H,1-2,7-8,10-11H2. The molecule has 0 radical (unpaired) electrons. The Bertz CT molecular complexity index is 654. The molecule has 0 aliphatic carbocycles. The molecule has 0 unspecified atom stereocenters. The normalized spacial score (nSPS) is 15.4. The highest BCUT2D eigenvalue weighted by molar-refractivity contribution is 6.31. The summed E-state index contributed by atoms with van der Waals surface area (Å²) in [5.74, 6) is -0.505. The second-order valence-electron chi connectivity index (χ2n) is 5.58. The first-order valence-corrected chi connectivity index (χ1v) is 7.82. The van der Waals surface area contributed by atoms with Gasteiger partial charge in [0.1, 0.15) is 5.82 Å². The second kappa shape index (κ2) is 6.73. The van der Waals surface area contributed by atoms with Crippen molar-refractivity contribution < 1.29 is 9.50 Å². The third-order valence-electron chi connectivity index (χ3n) is 4.05. The molecule has 1 N–H and O–H groups in total. The number of nitrogens with zero attached hydrogens (tertiary/aromatic N) is 2. The SMILES string of the molecule is OCc1c(Cl)ccc(-c2ccc(CN3CCCC3)cn2)c1F. The zero-order chi connectivity index (χ0) is 15.5. The van der Waals surface area contributed by atoms with Crippen LogP contribution in [0.3, 0.4) is 0 Å². The van der Waals surface area contributed by atoms with Crippen molar-refractivity contribution in [3.05, 3.63) is 52.4 Å². The fourth-order valence-corrected chi connectivity index (χ4v) is 3.02. The number of hydrogen-bond acceptors (Lipinski definition) is 3. The Morgan fingerprint density at radius 1 is 1.18 bits per heavy atom. The molecule has 2 aromatic rings. The van der Waals surface area contributed by atoms with Crippen LogP contribution in [0.2, 0.25) is 5.02 Å². The van der Waals surface area contributed by atoms with Gasteiger partial charge in [-0.2, -0.15) is 0 Å². The fraction of sp³-hybridized carbons (Fsp3) is 0.353. The molecule has 3 rings (SSSR count). The van der Waals surface area contributed by atoms with Crippen molar-refractivity contribution in [2.45, 2.75) is 26.0 Å². The van der Waals surface area contributed by atoms with E-state index < -0.39 is 12.4 Å². The Balaban J connectivity index is 1.83. The molecule has 116 valence electrons. The maximum Gasteiger partial charge on any atom is 0.139 e. The Morgan fingerprint density at radius 2 is 1.95 bits per heavy atom. The van der Waals surface area contributed by atoms with Crippen LogP contribution in [0.4, 0.5) is 4.39 Å². The van der Waals surface area contributed by atoms with Crippen LogP contribution in [0.15, 0.2) is 30.5 Å². The maximum absolute atomic E-state index is 14.4. The van der Waals surface area contributed by atoms with E-state index in [1.807, 2.05) is 12.1 Å². The van der Waals surface area contributed by atoms with E-state index in [1.165, 1.54) is 12.8 Å². The van der Waals surface area contributed by atoms with Gasteiger partial charge in [-0.15, -0.1) is 0 Å². The molecule has 1 aliphatic heterocycles. The van der Waals surface area contributed by atoms with Gasteiger partial charge in [-0.05, 0) is 49.7 Å². The van der Waals surface area contributed by atoms with Gasteiger partial charge < -0.3 is 5.11 Å². The van der Waals surface area contributed by atoms with E-state index in [2.05, 4.69) is 9.88 Å². The molecule has 5 heteroatoms. The molecule has 1 aromatic carbocycles. The summed E-state index contributed by atoms with van der Waals surface area (Å²) in [5.41, 5.74) is 2.15. The minimum absolute atomic E-state index is 0.113. The lowest BCUT2D eigenvalue weighted by Crippen LogP contribution is -2.18. The lowest BCUT2D eigenvalue weighted by Gasteiger charge is -2.14. The molecule has 1 saturated heterocycles. The van der Waals surface area contributed by atoms with Crippen molar-refractivity contribution in [3.8, 4) is 11.3 Å². The first-order chi connectivity index (χ1) is 10.7. The molecule has 1 aliphatic rings. The highest BCUT2D eigenvalue weighted by Gasteiger charge is 2.15. The van der Waals surface area contributed by atoms with Crippen molar-refractivity contribution in [2.75, 3.05) is 13.1 Å². The number of rotatable bonds is 4. The van der Waals surface area contributed by atoms with Crippen molar-refractivity contribution in [2.24, 2.45) is 0 Å². The fourth-order valence-electron chi connectivity index (χ4n) is 2.82. The Kier molecular flexibility index (Phi) is 4.71. The molecule has 0 bridgehead atoms. The number of likely N-dealkylation sites (tertiary alicyclic amines) is 1. The summed E-state index contributed by atoms with van der Waals surface area (Å²) in [7, 11) is 0. The van der Waals surface area contributed by atoms with Crippen LogP contribution in [0.5, 0.6) is 0 Å². The molecule has 0 amide bonds. The molecule has 1 fully saturated rings. The van der Waals surface area contributed by atoms with Crippen LogP contribution in [0.25, 0.3) is 11.3 Å². The van der Waals surface area contributed by atoms with Gasteiger partial charge >= 0.3 is 0 Å². The third-order valence-corrected chi connectivity index (χ3v) is 4.40. The molecule has 2 heterocycles. The average molecular weight is 321 g/mol.